The van der Waals surface area contributed by atoms with Crippen molar-refractivity contribution >= 4 is 22.9 Å². The molecule has 0 aromatic heterocycles. The largest absolute Gasteiger partial charge is 0.389 e. The SMILES string of the molecule is COC1CC(Nc2cc(C)ccc2C(N)=S)C1. The number of hydrogen-bond donors (Lipinski definition) is 2. The van der Waals surface area contributed by atoms with Gasteiger partial charge in [-0.25, -0.2) is 0 Å². The second-order valence-corrected chi connectivity index (χ2v) is 5.02. The first-order valence-corrected chi connectivity index (χ1v) is 6.20. The summed E-state index contributed by atoms with van der Waals surface area (Å²) in [5.41, 5.74) is 8.89. The zero-order valence-corrected chi connectivity index (χ0v) is 11.0. The number of aryl methyl sites for hydroxylation is 1. The van der Waals surface area contributed by atoms with Gasteiger partial charge < -0.3 is 15.8 Å². The lowest BCUT2D eigenvalue weighted by atomic mass is 9.89. The monoisotopic (exact) mass is 250 g/mol. The highest BCUT2D eigenvalue weighted by Gasteiger charge is 2.29. The minimum atomic E-state index is 0.394. The van der Waals surface area contributed by atoms with E-state index in [1.165, 1.54) is 5.56 Å². The van der Waals surface area contributed by atoms with Gasteiger partial charge in [0.15, 0.2) is 0 Å². The molecular weight excluding hydrogens is 232 g/mol. The molecule has 3 N–H and O–H groups in total. The Balaban J connectivity index is 2.09. The Labute approximate surface area is 107 Å². The average Bonchev–Trinajstić information content (AvgIpc) is 2.22. The fraction of sp³-hybridized carbons (Fsp3) is 0.462. The normalized spacial score (nSPS) is 22.9. The molecule has 1 aromatic rings. The van der Waals surface area contributed by atoms with Crippen molar-refractivity contribution in [3.63, 3.8) is 0 Å². The summed E-state index contributed by atoms with van der Waals surface area (Å²) in [4.78, 5) is 0.440. The van der Waals surface area contributed by atoms with Crippen molar-refractivity contribution in [3.05, 3.63) is 29.3 Å². The van der Waals surface area contributed by atoms with Crippen molar-refractivity contribution in [1.29, 1.82) is 0 Å². The van der Waals surface area contributed by atoms with E-state index in [1.807, 2.05) is 12.1 Å². The zero-order valence-electron chi connectivity index (χ0n) is 10.2. The van der Waals surface area contributed by atoms with Crippen LogP contribution in [0, 0.1) is 6.92 Å². The van der Waals surface area contributed by atoms with Crippen LogP contribution in [-0.4, -0.2) is 24.2 Å². The molecule has 0 saturated heterocycles. The predicted octanol–water partition coefficient (Wildman–Crippen LogP) is 2.22. The summed E-state index contributed by atoms with van der Waals surface area (Å²) in [7, 11) is 1.76. The number of thiocarbonyl (C=S) groups is 1. The third-order valence-electron chi connectivity index (χ3n) is 3.23. The fourth-order valence-electron chi connectivity index (χ4n) is 2.09. The molecular formula is C13H18N2OS. The van der Waals surface area contributed by atoms with E-state index in [-0.39, 0.29) is 0 Å². The van der Waals surface area contributed by atoms with Crippen LogP contribution in [0.1, 0.15) is 24.0 Å². The van der Waals surface area contributed by atoms with Gasteiger partial charge in [0.05, 0.1) is 6.10 Å². The minimum absolute atomic E-state index is 0.394. The lowest BCUT2D eigenvalue weighted by Crippen LogP contribution is -2.40. The highest BCUT2D eigenvalue weighted by molar-refractivity contribution is 7.80. The Hall–Kier alpha value is -1.13. The van der Waals surface area contributed by atoms with Gasteiger partial charge in [0, 0.05) is 24.4 Å². The highest BCUT2D eigenvalue weighted by Crippen LogP contribution is 2.28. The van der Waals surface area contributed by atoms with Crippen molar-refractivity contribution in [2.75, 3.05) is 12.4 Å². The standard InChI is InChI=1S/C13H18N2OS/c1-8-3-4-11(13(14)17)12(5-8)15-9-6-10(7-9)16-2/h3-5,9-10,15H,6-7H2,1-2H3,(H2,14,17). The summed E-state index contributed by atoms with van der Waals surface area (Å²) < 4.78 is 5.27. The minimum Gasteiger partial charge on any atom is -0.389 e. The van der Waals surface area contributed by atoms with Gasteiger partial charge >= 0.3 is 0 Å². The number of benzene rings is 1. The Bertz CT molecular complexity index is 427. The predicted molar refractivity (Wildman–Crippen MR) is 74.5 cm³/mol. The lowest BCUT2D eigenvalue weighted by molar-refractivity contribution is 0.0329. The lowest BCUT2D eigenvalue weighted by Gasteiger charge is -2.35. The number of methoxy groups -OCH3 is 1. The summed E-state index contributed by atoms with van der Waals surface area (Å²) in [6.07, 6.45) is 2.48. The van der Waals surface area contributed by atoms with E-state index in [1.54, 1.807) is 7.11 Å². The van der Waals surface area contributed by atoms with Gasteiger partial charge in [-0.05, 0) is 37.5 Å². The van der Waals surface area contributed by atoms with E-state index >= 15 is 0 Å². The molecule has 1 aliphatic rings. The number of rotatable bonds is 4. The maximum atomic E-state index is 5.72. The topological polar surface area (TPSA) is 47.3 Å². The summed E-state index contributed by atoms with van der Waals surface area (Å²) in [5.74, 6) is 0. The molecule has 1 fully saturated rings. The molecule has 1 aromatic carbocycles. The van der Waals surface area contributed by atoms with Crippen LogP contribution in [-0.2, 0) is 4.74 Å². The van der Waals surface area contributed by atoms with Crippen molar-refractivity contribution in [2.45, 2.75) is 31.9 Å². The maximum absolute atomic E-state index is 5.72. The van der Waals surface area contributed by atoms with E-state index in [2.05, 4.69) is 18.3 Å². The first-order valence-electron chi connectivity index (χ1n) is 5.80. The zero-order chi connectivity index (χ0) is 12.4. The highest BCUT2D eigenvalue weighted by atomic mass is 32.1. The number of hydrogen-bond acceptors (Lipinski definition) is 3. The Morgan fingerprint density at radius 1 is 1.47 bits per heavy atom. The molecule has 0 bridgehead atoms. The van der Waals surface area contributed by atoms with Gasteiger partial charge in [-0.15, -0.1) is 0 Å². The molecule has 3 nitrogen and oxygen atoms in total. The van der Waals surface area contributed by atoms with Crippen LogP contribution in [0.5, 0.6) is 0 Å². The van der Waals surface area contributed by atoms with Gasteiger partial charge in [-0.1, -0.05) is 18.3 Å². The third kappa shape index (κ3) is 2.76. The average molecular weight is 250 g/mol. The number of ether oxygens (including phenoxy) is 1. The van der Waals surface area contributed by atoms with E-state index in [9.17, 15) is 0 Å². The second kappa shape index (κ2) is 5.02. The molecule has 0 atom stereocenters. The molecule has 0 radical (unpaired) electrons. The van der Waals surface area contributed by atoms with E-state index in [0.717, 1.165) is 24.1 Å². The van der Waals surface area contributed by atoms with Gasteiger partial charge in [0.25, 0.3) is 0 Å². The Morgan fingerprint density at radius 3 is 2.76 bits per heavy atom. The molecule has 0 heterocycles. The van der Waals surface area contributed by atoms with Crippen LogP contribution < -0.4 is 11.1 Å². The molecule has 0 unspecified atom stereocenters. The molecule has 1 aliphatic carbocycles. The summed E-state index contributed by atoms with van der Waals surface area (Å²) in [6, 6.07) is 6.56. The first-order chi connectivity index (χ1) is 8.10. The van der Waals surface area contributed by atoms with Crippen molar-refractivity contribution in [2.24, 2.45) is 5.73 Å². The molecule has 0 aliphatic heterocycles. The van der Waals surface area contributed by atoms with Crippen LogP contribution in [0.3, 0.4) is 0 Å². The van der Waals surface area contributed by atoms with Gasteiger partial charge in [0.1, 0.15) is 4.99 Å². The van der Waals surface area contributed by atoms with Crippen molar-refractivity contribution in [1.82, 2.24) is 0 Å². The number of anilines is 1. The summed E-state index contributed by atoms with van der Waals surface area (Å²) >= 11 is 5.06. The quantitative estimate of drug-likeness (QED) is 0.804. The van der Waals surface area contributed by atoms with Crippen LogP contribution >= 0.6 is 12.2 Å². The maximum Gasteiger partial charge on any atom is 0.106 e. The van der Waals surface area contributed by atoms with Gasteiger partial charge in [-0.2, -0.15) is 0 Å². The summed E-state index contributed by atoms with van der Waals surface area (Å²) in [6.45, 7) is 2.06. The molecule has 2 rings (SSSR count). The van der Waals surface area contributed by atoms with Crippen molar-refractivity contribution in [3.8, 4) is 0 Å². The van der Waals surface area contributed by atoms with Gasteiger partial charge in [0.2, 0.25) is 0 Å². The fourth-order valence-corrected chi connectivity index (χ4v) is 2.27. The number of nitrogens with two attached hydrogens (primary N) is 1. The van der Waals surface area contributed by atoms with Crippen LogP contribution in [0.4, 0.5) is 5.69 Å². The summed E-state index contributed by atoms with van der Waals surface area (Å²) in [5, 5.41) is 3.49. The smallest absolute Gasteiger partial charge is 0.106 e. The van der Waals surface area contributed by atoms with Crippen LogP contribution in [0.25, 0.3) is 0 Å². The van der Waals surface area contributed by atoms with E-state index in [4.69, 9.17) is 22.7 Å². The second-order valence-electron chi connectivity index (χ2n) is 4.58. The third-order valence-corrected chi connectivity index (χ3v) is 3.45. The molecule has 4 heteroatoms. The number of nitrogens with one attached hydrogen (secondary N) is 1. The molecule has 92 valence electrons. The Kier molecular flexibility index (Phi) is 3.64. The first kappa shape index (κ1) is 12.3. The molecule has 0 spiro atoms. The van der Waals surface area contributed by atoms with Crippen molar-refractivity contribution < 1.29 is 4.74 Å². The van der Waals surface area contributed by atoms with Crippen LogP contribution in [0.15, 0.2) is 18.2 Å². The van der Waals surface area contributed by atoms with E-state index in [0.29, 0.717) is 17.1 Å². The van der Waals surface area contributed by atoms with Gasteiger partial charge in [-0.3, -0.25) is 0 Å². The molecule has 17 heavy (non-hydrogen) atoms. The van der Waals surface area contributed by atoms with E-state index < -0.39 is 0 Å². The van der Waals surface area contributed by atoms with Crippen LogP contribution in [0.2, 0.25) is 0 Å². The molecule has 1 saturated carbocycles. The Morgan fingerprint density at radius 2 is 2.18 bits per heavy atom. The molecule has 0 amide bonds.